The molecule has 0 saturated heterocycles. The number of H-pyrrole nitrogens is 1. The highest BCUT2D eigenvalue weighted by molar-refractivity contribution is 14.1. The Labute approximate surface area is 107 Å². The van der Waals surface area contributed by atoms with Crippen molar-refractivity contribution >= 4 is 45.8 Å². The quantitative estimate of drug-likeness (QED) is 0.658. The van der Waals surface area contributed by atoms with Crippen molar-refractivity contribution in [2.45, 2.75) is 19.4 Å². The smallest absolute Gasteiger partial charge is 0.178 e. The summed E-state index contributed by atoms with van der Waals surface area (Å²) in [5, 5.41) is 0. The van der Waals surface area contributed by atoms with E-state index >= 15 is 0 Å². The van der Waals surface area contributed by atoms with Gasteiger partial charge in [0.25, 0.3) is 0 Å². The average Bonchev–Trinajstić information content (AvgIpc) is 2.93. The van der Waals surface area contributed by atoms with Crippen LogP contribution in [0.3, 0.4) is 0 Å². The van der Waals surface area contributed by atoms with E-state index in [4.69, 9.17) is 12.2 Å². The predicted molar refractivity (Wildman–Crippen MR) is 72.6 cm³/mol. The van der Waals surface area contributed by atoms with Gasteiger partial charge in [0.05, 0.1) is 11.0 Å². The Morgan fingerprint density at radius 1 is 1.47 bits per heavy atom. The fourth-order valence-electron chi connectivity index (χ4n) is 1.88. The molecule has 1 aromatic heterocycles. The van der Waals surface area contributed by atoms with Crippen LogP contribution in [0.4, 0.5) is 0 Å². The summed E-state index contributed by atoms with van der Waals surface area (Å²) < 4.78 is 4.34. The summed E-state index contributed by atoms with van der Waals surface area (Å²) in [5.41, 5.74) is 2.40. The van der Waals surface area contributed by atoms with E-state index in [-0.39, 0.29) is 0 Å². The summed E-state index contributed by atoms with van der Waals surface area (Å²) >= 11 is 7.67. The molecule has 0 aliphatic heterocycles. The van der Waals surface area contributed by atoms with E-state index in [9.17, 15) is 0 Å². The Hall–Kier alpha value is -0.360. The minimum Gasteiger partial charge on any atom is -0.331 e. The highest BCUT2D eigenvalue weighted by Gasteiger charge is 2.22. The minimum absolute atomic E-state index is 0.856. The number of hydrogen-bond acceptors (Lipinski definition) is 1. The van der Waals surface area contributed by atoms with Gasteiger partial charge in [-0.05, 0) is 71.8 Å². The van der Waals surface area contributed by atoms with Gasteiger partial charge in [0, 0.05) is 10.1 Å². The lowest BCUT2D eigenvalue weighted by atomic mass is 10.3. The van der Waals surface area contributed by atoms with E-state index in [1.54, 1.807) is 0 Å². The molecule has 0 amide bonds. The molecule has 0 unspecified atom stereocenters. The molecular formula is C11H11IN2S. The van der Waals surface area contributed by atoms with Crippen molar-refractivity contribution in [3.63, 3.8) is 0 Å². The first kappa shape index (κ1) is 9.84. The Kier molecular flexibility index (Phi) is 2.35. The van der Waals surface area contributed by atoms with Crippen molar-refractivity contribution in [1.29, 1.82) is 0 Å². The van der Waals surface area contributed by atoms with Crippen LogP contribution in [0.25, 0.3) is 11.0 Å². The number of hydrogen-bond donors (Lipinski definition) is 1. The molecule has 3 rings (SSSR count). The molecule has 1 saturated carbocycles. The van der Waals surface area contributed by atoms with E-state index in [2.05, 4.69) is 50.3 Å². The van der Waals surface area contributed by atoms with Gasteiger partial charge in [0.2, 0.25) is 0 Å². The SMILES string of the molecule is S=c1[nH]c2cc(I)ccc2n1CC1CC1. The molecule has 0 atom stereocenters. The number of fused-ring (bicyclic) bond motifs is 1. The lowest BCUT2D eigenvalue weighted by molar-refractivity contribution is 0.635. The summed E-state index contributed by atoms with van der Waals surface area (Å²) in [4.78, 5) is 3.27. The number of aromatic amines is 1. The molecule has 1 aromatic carbocycles. The molecule has 2 aromatic rings. The number of nitrogens with one attached hydrogen (secondary N) is 1. The second-order valence-electron chi connectivity index (χ2n) is 4.15. The highest BCUT2D eigenvalue weighted by Crippen LogP contribution is 2.32. The summed E-state index contributed by atoms with van der Waals surface area (Å²) in [7, 11) is 0. The minimum atomic E-state index is 0.856. The van der Waals surface area contributed by atoms with E-state index in [1.165, 1.54) is 21.9 Å². The summed E-state index contributed by atoms with van der Waals surface area (Å²) in [6.07, 6.45) is 2.72. The van der Waals surface area contributed by atoms with E-state index in [0.29, 0.717) is 0 Å². The molecule has 4 heteroatoms. The van der Waals surface area contributed by atoms with E-state index in [0.717, 1.165) is 22.8 Å². The number of imidazole rings is 1. The van der Waals surface area contributed by atoms with Gasteiger partial charge < -0.3 is 9.55 Å². The predicted octanol–water partition coefficient (Wildman–Crippen LogP) is 3.71. The fraction of sp³-hybridized carbons (Fsp3) is 0.364. The molecule has 1 heterocycles. The maximum atomic E-state index is 5.35. The van der Waals surface area contributed by atoms with Gasteiger partial charge in [-0.1, -0.05) is 0 Å². The first-order valence-electron chi connectivity index (χ1n) is 5.12. The van der Waals surface area contributed by atoms with Crippen LogP contribution in [0.2, 0.25) is 0 Å². The van der Waals surface area contributed by atoms with Gasteiger partial charge in [-0.25, -0.2) is 0 Å². The van der Waals surface area contributed by atoms with E-state index in [1.807, 2.05) is 0 Å². The molecule has 1 N–H and O–H groups in total. The molecular weight excluding hydrogens is 319 g/mol. The summed E-state index contributed by atoms with van der Waals surface area (Å²) in [6.45, 7) is 1.08. The molecule has 0 radical (unpaired) electrons. The first-order chi connectivity index (χ1) is 7.24. The van der Waals surface area contributed by atoms with Crippen LogP contribution in [0.5, 0.6) is 0 Å². The van der Waals surface area contributed by atoms with Crippen molar-refractivity contribution in [1.82, 2.24) is 9.55 Å². The zero-order chi connectivity index (χ0) is 10.4. The molecule has 1 aliphatic rings. The van der Waals surface area contributed by atoms with Crippen LogP contribution in [-0.4, -0.2) is 9.55 Å². The first-order valence-corrected chi connectivity index (χ1v) is 6.61. The van der Waals surface area contributed by atoms with Gasteiger partial charge >= 0.3 is 0 Å². The zero-order valence-electron chi connectivity index (χ0n) is 8.16. The van der Waals surface area contributed by atoms with Crippen LogP contribution in [0, 0.1) is 14.3 Å². The average molecular weight is 330 g/mol. The fourth-order valence-corrected chi connectivity index (χ4v) is 2.65. The number of rotatable bonds is 2. The zero-order valence-corrected chi connectivity index (χ0v) is 11.1. The lowest BCUT2D eigenvalue weighted by Gasteiger charge is -2.02. The molecule has 1 aliphatic carbocycles. The highest BCUT2D eigenvalue weighted by atomic mass is 127. The monoisotopic (exact) mass is 330 g/mol. The third-order valence-corrected chi connectivity index (χ3v) is 3.87. The van der Waals surface area contributed by atoms with Crippen molar-refractivity contribution in [3.8, 4) is 0 Å². The second kappa shape index (κ2) is 3.59. The third kappa shape index (κ3) is 1.85. The second-order valence-corrected chi connectivity index (χ2v) is 5.78. The van der Waals surface area contributed by atoms with Crippen molar-refractivity contribution in [3.05, 3.63) is 26.5 Å². The Morgan fingerprint density at radius 3 is 3.00 bits per heavy atom. The number of nitrogens with zero attached hydrogens (tertiary/aromatic N) is 1. The lowest BCUT2D eigenvalue weighted by Crippen LogP contribution is -1.99. The molecule has 78 valence electrons. The number of halogens is 1. The van der Waals surface area contributed by atoms with Crippen molar-refractivity contribution < 1.29 is 0 Å². The maximum absolute atomic E-state index is 5.35. The van der Waals surface area contributed by atoms with Gasteiger partial charge in [0.1, 0.15) is 0 Å². The van der Waals surface area contributed by atoms with Crippen molar-refractivity contribution in [2.24, 2.45) is 5.92 Å². The van der Waals surface area contributed by atoms with Crippen LogP contribution in [0.15, 0.2) is 18.2 Å². The van der Waals surface area contributed by atoms with E-state index < -0.39 is 0 Å². The molecule has 1 fully saturated rings. The van der Waals surface area contributed by atoms with Gasteiger partial charge in [0.15, 0.2) is 4.77 Å². The topological polar surface area (TPSA) is 20.7 Å². The number of benzene rings is 1. The summed E-state index contributed by atoms with van der Waals surface area (Å²) in [5.74, 6) is 0.856. The van der Waals surface area contributed by atoms with Crippen LogP contribution in [0.1, 0.15) is 12.8 Å². The van der Waals surface area contributed by atoms with Crippen molar-refractivity contribution in [2.75, 3.05) is 0 Å². The van der Waals surface area contributed by atoms with Crippen LogP contribution < -0.4 is 0 Å². The largest absolute Gasteiger partial charge is 0.331 e. The van der Waals surface area contributed by atoms with Crippen LogP contribution in [-0.2, 0) is 6.54 Å². The van der Waals surface area contributed by atoms with Gasteiger partial charge in [-0.2, -0.15) is 0 Å². The third-order valence-electron chi connectivity index (χ3n) is 2.87. The Bertz CT molecular complexity index is 565. The Balaban J connectivity index is 2.18. The number of aromatic nitrogens is 2. The molecule has 2 nitrogen and oxygen atoms in total. The molecule has 0 spiro atoms. The van der Waals surface area contributed by atoms with Crippen LogP contribution >= 0.6 is 34.8 Å². The Morgan fingerprint density at radius 2 is 2.27 bits per heavy atom. The standard InChI is InChI=1S/C11H11IN2S/c12-8-3-4-10-9(5-8)13-11(15)14(10)6-7-1-2-7/h3-5,7H,1-2,6H2,(H,13,15). The molecule has 0 bridgehead atoms. The van der Waals surface area contributed by atoms with Gasteiger partial charge in [-0.3, -0.25) is 0 Å². The maximum Gasteiger partial charge on any atom is 0.178 e. The van der Waals surface area contributed by atoms with Gasteiger partial charge in [-0.15, -0.1) is 0 Å². The normalized spacial score (nSPS) is 16.1. The molecule has 15 heavy (non-hydrogen) atoms. The summed E-state index contributed by atoms with van der Waals surface area (Å²) in [6, 6.07) is 6.44.